The Hall–Kier alpha value is -2.35. The monoisotopic (exact) mass is 303 g/mol. The Morgan fingerprint density at radius 1 is 1.04 bits per heavy atom. The number of rotatable bonds is 3. The maximum atomic E-state index is 13.0. The summed E-state index contributed by atoms with van der Waals surface area (Å²) in [6.45, 7) is 3.86. The molecule has 2 aromatic rings. The van der Waals surface area contributed by atoms with E-state index in [1.807, 2.05) is 11.0 Å². The minimum atomic E-state index is 0.241. The van der Waals surface area contributed by atoms with Crippen molar-refractivity contribution in [3.05, 3.63) is 76.9 Å². The summed E-state index contributed by atoms with van der Waals surface area (Å²) >= 11 is 0. The molecule has 23 heavy (non-hydrogen) atoms. The Balaban J connectivity index is 1.92. The third-order valence-corrected chi connectivity index (χ3v) is 4.94. The highest BCUT2D eigenvalue weighted by Gasteiger charge is 2.40. The first-order valence-electron chi connectivity index (χ1n) is 8.46. The smallest absolute Gasteiger partial charge is 0.250 e. The van der Waals surface area contributed by atoms with Gasteiger partial charge in [-0.1, -0.05) is 61.5 Å². The summed E-state index contributed by atoms with van der Waals surface area (Å²) in [5.74, 6) is 0.573. The van der Waals surface area contributed by atoms with Crippen LogP contribution in [0.5, 0.6) is 0 Å². The molecule has 1 aliphatic heterocycles. The van der Waals surface area contributed by atoms with Crippen molar-refractivity contribution >= 4 is 11.5 Å². The summed E-state index contributed by atoms with van der Waals surface area (Å²) in [5.41, 5.74) is 5.94. The zero-order valence-electron chi connectivity index (χ0n) is 13.5. The van der Waals surface area contributed by atoms with Gasteiger partial charge in [0.15, 0.2) is 0 Å². The zero-order chi connectivity index (χ0) is 15.8. The van der Waals surface area contributed by atoms with Gasteiger partial charge in [-0.2, -0.15) is 0 Å². The fourth-order valence-electron chi connectivity index (χ4n) is 3.99. The summed E-state index contributed by atoms with van der Waals surface area (Å²) in [6.07, 6.45) is 1.99. The van der Waals surface area contributed by atoms with E-state index in [1.54, 1.807) is 0 Å². The van der Waals surface area contributed by atoms with Gasteiger partial charge in [0.2, 0.25) is 0 Å². The van der Waals surface area contributed by atoms with Crippen LogP contribution in [0.25, 0.3) is 5.57 Å². The van der Waals surface area contributed by atoms with Crippen LogP contribution in [-0.4, -0.2) is 23.9 Å². The Kier molecular flexibility index (Phi) is 3.53. The maximum Gasteiger partial charge on any atom is 0.250 e. The third kappa shape index (κ3) is 2.29. The number of amides is 1. The summed E-state index contributed by atoms with van der Waals surface area (Å²) in [7, 11) is 0. The van der Waals surface area contributed by atoms with Crippen molar-refractivity contribution in [3.63, 3.8) is 0 Å². The lowest BCUT2D eigenvalue weighted by Gasteiger charge is -2.24. The predicted molar refractivity (Wildman–Crippen MR) is 93.0 cm³/mol. The number of carbonyl (C=O) groups excluding carboxylic acids is 1. The Bertz CT molecular complexity index is 775. The van der Waals surface area contributed by atoms with Gasteiger partial charge in [-0.15, -0.1) is 0 Å². The van der Waals surface area contributed by atoms with Crippen LogP contribution in [-0.2, 0) is 11.2 Å². The molecule has 1 fully saturated rings. The molecule has 0 radical (unpaired) electrons. The first-order chi connectivity index (χ1) is 11.3. The number of fused-ring (bicyclic) bond motifs is 2. The molecule has 0 spiro atoms. The molecule has 0 saturated carbocycles. The van der Waals surface area contributed by atoms with E-state index in [2.05, 4.69) is 55.5 Å². The lowest BCUT2D eigenvalue weighted by atomic mass is 9.77. The molecule has 1 heterocycles. The topological polar surface area (TPSA) is 20.3 Å². The van der Waals surface area contributed by atoms with E-state index in [9.17, 15) is 4.79 Å². The minimum Gasteiger partial charge on any atom is -0.338 e. The minimum absolute atomic E-state index is 0.241. The van der Waals surface area contributed by atoms with Gasteiger partial charge in [0, 0.05) is 24.6 Å². The molecule has 0 N–H and O–H groups in total. The van der Waals surface area contributed by atoms with E-state index in [0.717, 1.165) is 42.6 Å². The fraction of sp³-hybridized carbons (Fsp3) is 0.286. The van der Waals surface area contributed by atoms with Gasteiger partial charge in [0.1, 0.15) is 0 Å². The van der Waals surface area contributed by atoms with Crippen LogP contribution in [0.2, 0.25) is 0 Å². The Labute approximate surface area is 137 Å². The lowest BCUT2D eigenvalue weighted by molar-refractivity contribution is -0.124. The van der Waals surface area contributed by atoms with Gasteiger partial charge in [-0.25, -0.2) is 0 Å². The van der Waals surface area contributed by atoms with Crippen molar-refractivity contribution < 1.29 is 4.79 Å². The summed E-state index contributed by atoms with van der Waals surface area (Å²) in [4.78, 5) is 15.0. The van der Waals surface area contributed by atoms with Gasteiger partial charge < -0.3 is 4.90 Å². The first-order valence-corrected chi connectivity index (χ1v) is 8.46. The predicted octanol–water partition coefficient (Wildman–Crippen LogP) is 3.91. The van der Waals surface area contributed by atoms with E-state index in [0.29, 0.717) is 5.92 Å². The SMILES string of the molecule is CCCN1CC2Cc3ccccc3C(c3ccccc3)=C2C1=O. The second-order valence-electron chi connectivity index (χ2n) is 6.46. The molecule has 2 heteroatoms. The molecule has 1 aliphatic carbocycles. The van der Waals surface area contributed by atoms with E-state index < -0.39 is 0 Å². The fourth-order valence-corrected chi connectivity index (χ4v) is 3.99. The molecule has 2 aromatic carbocycles. The van der Waals surface area contributed by atoms with E-state index in [4.69, 9.17) is 0 Å². The van der Waals surface area contributed by atoms with Gasteiger partial charge in [0.25, 0.3) is 5.91 Å². The standard InChI is InChI=1S/C21H21NO/c1-2-12-22-14-17-13-16-10-6-7-11-18(16)19(20(17)21(22)23)15-8-4-3-5-9-15/h3-11,17H,2,12-14H2,1H3. The average molecular weight is 303 g/mol. The quantitative estimate of drug-likeness (QED) is 0.842. The molecular formula is C21H21NO. The molecule has 0 bridgehead atoms. The van der Waals surface area contributed by atoms with Crippen LogP contribution >= 0.6 is 0 Å². The van der Waals surface area contributed by atoms with Gasteiger partial charge >= 0.3 is 0 Å². The maximum absolute atomic E-state index is 13.0. The summed E-state index contributed by atoms with van der Waals surface area (Å²) in [6, 6.07) is 18.9. The highest BCUT2D eigenvalue weighted by molar-refractivity contribution is 6.08. The van der Waals surface area contributed by atoms with Crippen LogP contribution < -0.4 is 0 Å². The van der Waals surface area contributed by atoms with Crippen molar-refractivity contribution in [2.24, 2.45) is 5.92 Å². The second-order valence-corrected chi connectivity index (χ2v) is 6.46. The number of nitrogens with zero attached hydrogens (tertiary/aromatic N) is 1. The van der Waals surface area contributed by atoms with Crippen LogP contribution in [0.4, 0.5) is 0 Å². The van der Waals surface area contributed by atoms with Crippen molar-refractivity contribution in [2.45, 2.75) is 19.8 Å². The zero-order valence-corrected chi connectivity index (χ0v) is 13.5. The molecular weight excluding hydrogens is 282 g/mol. The van der Waals surface area contributed by atoms with Crippen LogP contribution in [0.15, 0.2) is 60.2 Å². The summed E-state index contributed by atoms with van der Waals surface area (Å²) in [5, 5.41) is 0. The Morgan fingerprint density at radius 3 is 2.57 bits per heavy atom. The Morgan fingerprint density at radius 2 is 1.78 bits per heavy atom. The van der Waals surface area contributed by atoms with Crippen molar-refractivity contribution in [2.75, 3.05) is 13.1 Å². The molecule has 116 valence electrons. The van der Waals surface area contributed by atoms with E-state index in [-0.39, 0.29) is 5.91 Å². The lowest BCUT2D eigenvalue weighted by Crippen LogP contribution is -2.26. The van der Waals surface area contributed by atoms with Crippen molar-refractivity contribution in [1.82, 2.24) is 4.90 Å². The number of hydrogen-bond donors (Lipinski definition) is 0. The number of carbonyl (C=O) groups is 1. The first kappa shape index (κ1) is 14.3. The number of hydrogen-bond acceptors (Lipinski definition) is 1. The number of benzene rings is 2. The highest BCUT2D eigenvalue weighted by Crippen LogP contribution is 2.42. The molecule has 1 unspecified atom stereocenters. The van der Waals surface area contributed by atoms with E-state index >= 15 is 0 Å². The van der Waals surface area contributed by atoms with Crippen molar-refractivity contribution in [3.8, 4) is 0 Å². The molecule has 2 nitrogen and oxygen atoms in total. The molecule has 2 aliphatic rings. The summed E-state index contributed by atoms with van der Waals surface area (Å²) < 4.78 is 0. The molecule has 1 saturated heterocycles. The molecule has 1 amide bonds. The van der Waals surface area contributed by atoms with Gasteiger partial charge in [-0.05, 0) is 35.1 Å². The van der Waals surface area contributed by atoms with E-state index in [1.165, 1.54) is 11.1 Å². The average Bonchev–Trinajstić information content (AvgIpc) is 2.90. The normalized spacial score (nSPS) is 19.8. The third-order valence-electron chi connectivity index (χ3n) is 4.94. The molecule has 0 aromatic heterocycles. The second kappa shape index (κ2) is 5.69. The van der Waals surface area contributed by atoms with Gasteiger partial charge in [0.05, 0.1) is 0 Å². The molecule has 1 atom stereocenters. The molecule has 4 rings (SSSR count). The number of likely N-dealkylation sites (tertiary alicyclic amines) is 1. The highest BCUT2D eigenvalue weighted by atomic mass is 16.2. The van der Waals surface area contributed by atoms with Crippen LogP contribution in [0, 0.1) is 5.92 Å². The van der Waals surface area contributed by atoms with Crippen LogP contribution in [0.1, 0.15) is 30.0 Å². The largest absolute Gasteiger partial charge is 0.338 e. The van der Waals surface area contributed by atoms with Crippen LogP contribution in [0.3, 0.4) is 0 Å². The van der Waals surface area contributed by atoms with Crippen molar-refractivity contribution in [1.29, 1.82) is 0 Å². The van der Waals surface area contributed by atoms with Gasteiger partial charge in [-0.3, -0.25) is 4.79 Å².